The molecule has 2 aromatic heterocycles. The molecular formula is C17H22N4O3. The Labute approximate surface area is 140 Å². The molecule has 7 nitrogen and oxygen atoms in total. The quantitative estimate of drug-likeness (QED) is 0.573. The zero-order valence-electron chi connectivity index (χ0n) is 14.1. The standard InChI is InChI=1S/C17H22N4O3/c1-11(2)24-8-4-5-15(22)16-14(10-19-21-16)20-17(23)13-7-6-12(3)18-9-13/h6-7,9-11H,4-5,8H2,1-3H3,(H,19,21)(H,20,23). The summed E-state index contributed by atoms with van der Waals surface area (Å²) in [4.78, 5) is 28.5. The molecule has 0 saturated heterocycles. The number of hydrogen-bond donors (Lipinski definition) is 2. The highest BCUT2D eigenvalue weighted by atomic mass is 16.5. The van der Waals surface area contributed by atoms with E-state index in [0.29, 0.717) is 36.4 Å². The Bertz CT molecular complexity index is 692. The van der Waals surface area contributed by atoms with Gasteiger partial charge in [0.15, 0.2) is 5.78 Å². The van der Waals surface area contributed by atoms with Crippen LogP contribution < -0.4 is 5.32 Å². The summed E-state index contributed by atoms with van der Waals surface area (Å²) in [5, 5.41) is 9.19. The topological polar surface area (TPSA) is 97.0 Å². The van der Waals surface area contributed by atoms with Gasteiger partial charge in [-0.2, -0.15) is 5.10 Å². The van der Waals surface area contributed by atoms with E-state index in [9.17, 15) is 9.59 Å². The molecule has 0 fully saturated rings. The van der Waals surface area contributed by atoms with Gasteiger partial charge in [-0.1, -0.05) is 0 Å². The second-order valence-corrected chi connectivity index (χ2v) is 5.75. The van der Waals surface area contributed by atoms with Crippen LogP contribution in [0.15, 0.2) is 24.5 Å². The Morgan fingerprint density at radius 2 is 2.08 bits per heavy atom. The number of carbonyl (C=O) groups is 2. The molecule has 24 heavy (non-hydrogen) atoms. The fourth-order valence-corrected chi connectivity index (χ4v) is 2.07. The molecule has 0 saturated carbocycles. The zero-order valence-corrected chi connectivity index (χ0v) is 14.1. The number of aromatic nitrogens is 3. The van der Waals surface area contributed by atoms with Crippen LogP contribution in [0.2, 0.25) is 0 Å². The first kappa shape index (κ1) is 17.8. The van der Waals surface area contributed by atoms with Crippen molar-refractivity contribution >= 4 is 17.4 Å². The average molecular weight is 330 g/mol. The summed E-state index contributed by atoms with van der Waals surface area (Å²) >= 11 is 0. The molecule has 2 heterocycles. The number of aryl methyl sites for hydroxylation is 1. The molecule has 0 atom stereocenters. The highest BCUT2D eigenvalue weighted by molar-refractivity contribution is 6.08. The molecule has 0 unspecified atom stereocenters. The van der Waals surface area contributed by atoms with Crippen LogP contribution in [-0.2, 0) is 4.74 Å². The summed E-state index contributed by atoms with van der Waals surface area (Å²) in [6, 6.07) is 3.44. The lowest BCUT2D eigenvalue weighted by molar-refractivity contribution is 0.0720. The van der Waals surface area contributed by atoms with Gasteiger partial charge < -0.3 is 10.1 Å². The van der Waals surface area contributed by atoms with Crippen LogP contribution in [0.1, 0.15) is 53.2 Å². The highest BCUT2D eigenvalue weighted by Gasteiger charge is 2.16. The predicted molar refractivity (Wildman–Crippen MR) is 90.2 cm³/mol. The van der Waals surface area contributed by atoms with E-state index in [4.69, 9.17) is 4.74 Å². The van der Waals surface area contributed by atoms with Gasteiger partial charge >= 0.3 is 0 Å². The third-order valence-corrected chi connectivity index (χ3v) is 3.34. The second-order valence-electron chi connectivity index (χ2n) is 5.75. The summed E-state index contributed by atoms with van der Waals surface area (Å²) in [5.41, 5.74) is 1.92. The molecule has 0 aromatic carbocycles. The van der Waals surface area contributed by atoms with Crippen molar-refractivity contribution in [1.29, 1.82) is 0 Å². The second kappa shape index (κ2) is 8.35. The van der Waals surface area contributed by atoms with Crippen molar-refractivity contribution in [2.24, 2.45) is 0 Å². The minimum atomic E-state index is -0.332. The summed E-state index contributed by atoms with van der Waals surface area (Å²) < 4.78 is 5.42. The lowest BCUT2D eigenvalue weighted by Crippen LogP contribution is -2.15. The molecule has 2 N–H and O–H groups in total. The van der Waals surface area contributed by atoms with Crippen LogP contribution >= 0.6 is 0 Å². The molecule has 0 radical (unpaired) electrons. The lowest BCUT2D eigenvalue weighted by Gasteiger charge is -2.07. The maximum Gasteiger partial charge on any atom is 0.257 e. The molecule has 0 spiro atoms. The van der Waals surface area contributed by atoms with Gasteiger partial charge in [0.2, 0.25) is 0 Å². The SMILES string of the molecule is Cc1ccc(C(=O)Nc2cn[nH]c2C(=O)CCCOC(C)C)cn1. The molecule has 0 bridgehead atoms. The summed E-state index contributed by atoms with van der Waals surface area (Å²) in [5.74, 6) is -0.446. The van der Waals surface area contributed by atoms with E-state index >= 15 is 0 Å². The highest BCUT2D eigenvalue weighted by Crippen LogP contribution is 2.16. The number of nitrogens with zero attached hydrogens (tertiary/aromatic N) is 2. The monoisotopic (exact) mass is 330 g/mol. The number of ether oxygens (including phenoxy) is 1. The molecule has 0 aliphatic carbocycles. The van der Waals surface area contributed by atoms with Gasteiger partial charge in [0, 0.05) is 24.9 Å². The smallest absolute Gasteiger partial charge is 0.257 e. The number of H-pyrrole nitrogens is 1. The summed E-state index contributed by atoms with van der Waals surface area (Å²) in [7, 11) is 0. The molecule has 128 valence electrons. The Morgan fingerprint density at radius 1 is 1.29 bits per heavy atom. The van der Waals surface area contributed by atoms with E-state index in [0.717, 1.165) is 5.69 Å². The van der Waals surface area contributed by atoms with E-state index in [1.165, 1.54) is 12.4 Å². The Morgan fingerprint density at radius 3 is 2.75 bits per heavy atom. The van der Waals surface area contributed by atoms with Crippen molar-refractivity contribution in [2.45, 2.75) is 39.7 Å². The number of ketones is 1. The fraction of sp³-hybridized carbons (Fsp3) is 0.412. The van der Waals surface area contributed by atoms with Gasteiger partial charge in [0.1, 0.15) is 5.69 Å². The Kier molecular flexibility index (Phi) is 6.20. The van der Waals surface area contributed by atoms with E-state index in [2.05, 4.69) is 20.5 Å². The molecule has 2 aromatic rings. The number of aromatic amines is 1. The van der Waals surface area contributed by atoms with Crippen molar-refractivity contribution in [3.05, 3.63) is 41.5 Å². The van der Waals surface area contributed by atoms with Crippen LogP contribution in [0.4, 0.5) is 5.69 Å². The average Bonchev–Trinajstić information content (AvgIpc) is 3.00. The fourth-order valence-electron chi connectivity index (χ4n) is 2.07. The van der Waals surface area contributed by atoms with Crippen molar-refractivity contribution < 1.29 is 14.3 Å². The van der Waals surface area contributed by atoms with Crippen LogP contribution in [0.3, 0.4) is 0 Å². The van der Waals surface area contributed by atoms with Crippen LogP contribution in [0.25, 0.3) is 0 Å². The van der Waals surface area contributed by atoms with Crippen molar-refractivity contribution in [1.82, 2.24) is 15.2 Å². The number of rotatable bonds is 8. The number of amides is 1. The Hall–Kier alpha value is -2.54. The third kappa shape index (κ3) is 4.99. The number of hydrogen-bond acceptors (Lipinski definition) is 5. The zero-order chi connectivity index (χ0) is 17.5. The van der Waals surface area contributed by atoms with E-state index in [1.54, 1.807) is 12.1 Å². The number of pyridine rings is 1. The first-order valence-corrected chi connectivity index (χ1v) is 7.89. The van der Waals surface area contributed by atoms with Crippen molar-refractivity contribution in [3.8, 4) is 0 Å². The van der Waals surface area contributed by atoms with Crippen LogP contribution in [-0.4, -0.2) is 39.6 Å². The van der Waals surface area contributed by atoms with E-state index in [1.807, 2.05) is 20.8 Å². The molecule has 1 amide bonds. The van der Waals surface area contributed by atoms with Gasteiger partial charge in [-0.25, -0.2) is 0 Å². The number of nitrogens with one attached hydrogen (secondary N) is 2. The van der Waals surface area contributed by atoms with Gasteiger partial charge in [0.05, 0.1) is 23.6 Å². The number of carbonyl (C=O) groups excluding carboxylic acids is 2. The Balaban J connectivity index is 1.95. The van der Waals surface area contributed by atoms with Crippen LogP contribution in [0, 0.1) is 6.92 Å². The van der Waals surface area contributed by atoms with Gasteiger partial charge in [0.25, 0.3) is 5.91 Å². The third-order valence-electron chi connectivity index (χ3n) is 3.34. The summed E-state index contributed by atoms with van der Waals surface area (Å²) in [6.07, 6.45) is 4.01. The first-order chi connectivity index (χ1) is 11.5. The molecule has 0 aliphatic rings. The molecule has 7 heteroatoms. The first-order valence-electron chi connectivity index (χ1n) is 7.89. The normalized spacial score (nSPS) is 10.8. The summed E-state index contributed by atoms with van der Waals surface area (Å²) in [6.45, 7) is 6.26. The molecule has 2 rings (SSSR count). The largest absolute Gasteiger partial charge is 0.379 e. The van der Waals surface area contributed by atoms with Gasteiger partial charge in [-0.05, 0) is 39.3 Å². The number of Topliss-reactive ketones (excluding diaryl/α,β-unsaturated/α-hetero) is 1. The molecular weight excluding hydrogens is 308 g/mol. The van der Waals surface area contributed by atoms with E-state index in [-0.39, 0.29) is 17.8 Å². The molecule has 0 aliphatic heterocycles. The van der Waals surface area contributed by atoms with Crippen LogP contribution in [0.5, 0.6) is 0 Å². The predicted octanol–water partition coefficient (Wildman–Crippen LogP) is 2.75. The maximum atomic E-state index is 12.2. The van der Waals surface area contributed by atoms with E-state index < -0.39 is 0 Å². The lowest BCUT2D eigenvalue weighted by atomic mass is 10.1. The van der Waals surface area contributed by atoms with Gasteiger partial charge in [-0.15, -0.1) is 0 Å². The minimum Gasteiger partial charge on any atom is -0.379 e. The maximum absolute atomic E-state index is 12.2. The van der Waals surface area contributed by atoms with Crippen molar-refractivity contribution in [3.63, 3.8) is 0 Å². The van der Waals surface area contributed by atoms with Crippen molar-refractivity contribution in [2.75, 3.05) is 11.9 Å². The van der Waals surface area contributed by atoms with Gasteiger partial charge in [-0.3, -0.25) is 19.7 Å². The number of anilines is 1. The minimum absolute atomic E-state index is 0.114.